The van der Waals surface area contributed by atoms with Crippen LogP contribution in [-0.4, -0.2) is 12.5 Å². The first-order valence-corrected chi connectivity index (χ1v) is 7.03. The molecule has 0 atom stereocenters. The van der Waals surface area contributed by atoms with Crippen LogP contribution in [0.5, 0.6) is 0 Å². The van der Waals surface area contributed by atoms with Crippen LogP contribution in [0.25, 0.3) is 0 Å². The lowest BCUT2D eigenvalue weighted by Crippen LogP contribution is -2.14. The van der Waals surface area contributed by atoms with E-state index in [-0.39, 0.29) is 5.91 Å². The van der Waals surface area contributed by atoms with Crippen LogP contribution in [0.15, 0.2) is 34.7 Å². The Morgan fingerprint density at radius 3 is 3.05 bits per heavy atom. The maximum absolute atomic E-state index is 12.1. The predicted octanol–water partition coefficient (Wildman–Crippen LogP) is 3.45. The van der Waals surface area contributed by atoms with Gasteiger partial charge in [0.15, 0.2) is 5.76 Å². The first-order chi connectivity index (χ1) is 9.76. The van der Waals surface area contributed by atoms with Crippen LogP contribution in [0, 0.1) is 0 Å². The molecule has 0 fully saturated rings. The highest BCUT2D eigenvalue weighted by Gasteiger charge is 2.13. The first kappa shape index (κ1) is 12.8. The van der Waals surface area contributed by atoms with E-state index in [0.29, 0.717) is 5.76 Å². The molecule has 0 aliphatic carbocycles. The second-order valence-corrected chi connectivity index (χ2v) is 4.98. The molecule has 1 aromatic carbocycles. The summed E-state index contributed by atoms with van der Waals surface area (Å²) in [6.07, 6.45) is 2.97. The minimum atomic E-state index is -0.201. The van der Waals surface area contributed by atoms with E-state index in [1.807, 2.05) is 31.2 Å². The maximum Gasteiger partial charge on any atom is 0.291 e. The average molecular weight is 270 g/mol. The van der Waals surface area contributed by atoms with Gasteiger partial charge in [0, 0.05) is 24.3 Å². The number of carbonyl (C=O) groups excluding carboxylic acids is 1. The number of aryl methyl sites for hydroxylation is 2. The van der Waals surface area contributed by atoms with E-state index in [4.69, 9.17) is 4.42 Å². The van der Waals surface area contributed by atoms with Crippen molar-refractivity contribution in [2.45, 2.75) is 26.2 Å². The fraction of sp³-hybridized carbons (Fsp3) is 0.312. The van der Waals surface area contributed by atoms with Gasteiger partial charge < -0.3 is 15.1 Å². The molecular weight excluding hydrogens is 252 g/mol. The van der Waals surface area contributed by atoms with Gasteiger partial charge in [-0.05, 0) is 48.7 Å². The molecule has 0 radical (unpaired) electrons. The molecule has 2 N–H and O–H groups in total. The minimum absolute atomic E-state index is 0.201. The van der Waals surface area contributed by atoms with Gasteiger partial charge in [-0.1, -0.05) is 6.92 Å². The lowest BCUT2D eigenvalue weighted by molar-refractivity contribution is 0.0995. The second kappa shape index (κ2) is 5.41. The Kier molecular flexibility index (Phi) is 3.46. The lowest BCUT2D eigenvalue weighted by Gasteiger charge is -2.18. The van der Waals surface area contributed by atoms with Crippen molar-refractivity contribution in [1.29, 1.82) is 0 Å². The minimum Gasteiger partial charge on any atom is -0.456 e. The molecule has 0 saturated carbocycles. The summed E-state index contributed by atoms with van der Waals surface area (Å²) in [5.41, 5.74) is 3.23. The molecule has 3 rings (SSSR count). The van der Waals surface area contributed by atoms with Crippen molar-refractivity contribution < 1.29 is 9.21 Å². The molecule has 0 spiro atoms. The van der Waals surface area contributed by atoms with E-state index in [1.54, 1.807) is 6.07 Å². The zero-order valence-electron chi connectivity index (χ0n) is 11.5. The van der Waals surface area contributed by atoms with Crippen LogP contribution in [-0.2, 0) is 12.8 Å². The summed E-state index contributed by atoms with van der Waals surface area (Å²) in [7, 11) is 0. The van der Waals surface area contributed by atoms with Gasteiger partial charge in [0.2, 0.25) is 0 Å². The van der Waals surface area contributed by atoms with Crippen LogP contribution < -0.4 is 10.6 Å². The molecule has 1 aliphatic rings. The smallest absolute Gasteiger partial charge is 0.291 e. The number of fused-ring (bicyclic) bond motifs is 1. The first-order valence-electron chi connectivity index (χ1n) is 7.03. The molecule has 2 aromatic rings. The molecule has 0 bridgehead atoms. The van der Waals surface area contributed by atoms with Crippen LogP contribution >= 0.6 is 0 Å². The zero-order chi connectivity index (χ0) is 13.9. The summed E-state index contributed by atoms with van der Waals surface area (Å²) >= 11 is 0. The highest BCUT2D eigenvalue weighted by molar-refractivity contribution is 6.02. The molecule has 1 amide bonds. The molecule has 2 heterocycles. The normalized spacial score (nSPS) is 13.4. The van der Waals surface area contributed by atoms with E-state index in [0.717, 1.165) is 37.3 Å². The van der Waals surface area contributed by atoms with Crippen molar-refractivity contribution in [2.75, 3.05) is 17.2 Å². The fourth-order valence-corrected chi connectivity index (χ4v) is 2.44. The summed E-state index contributed by atoms with van der Waals surface area (Å²) < 4.78 is 5.46. The summed E-state index contributed by atoms with van der Waals surface area (Å²) in [6.45, 7) is 3.02. The molecule has 4 nitrogen and oxygen atoms in total. The Labute approximate surface area is 118 Å². The van der Waals surface area contributed by atoms with Gasteiger partial charge in [0.1, 0.15) is 5.76 Å². The van der Waals surface area contributed by atoms with Crippen molar-refractivity contribution in [3.8, 4) is 0 Å². The van der Waals surface area contributed by atoms with Gasteiger partial charge in [-0.15, -0.1) is 0 Å². The largest absolute Gasteiger partial charge is 0.456 e. The van der Waals surface area contributed by atoms with Gasteiger partial charge in [-0.3, -0.25) is 4.79 Å². The second-order valence-electron chi connectivity index (χ2n) is 4.98. The van der Waals surface area contributed by atoms with Gasteiger partial charge in [0.25, 0.3) is 5.91 Å². The summed E-state index contributed by atoms with van der Waals surface area (Å²) in [6, 6.07) is 9.52. The third kappa shape index (κ3) is 2.54. The number of nitrogens with one attached hydrogen (secondary N) is 2. The van der Waals surface area contributed by atoms with Crippen LogP contribution in [0.1, 0.15) is 35.2 Å². The van der Waals surface area contributed by atoms with Crippen LogP contribution in [0.3, 0.4) is 0 Å². The topological polar surface area (TPSA) is 54.3 Å². The molecule has 0 saturated heterocycles. The number of benzene rings is 1. The molecule has 0 unspecified atom stereocenters. The van der Waals surface area contributed by atoms with Gasteiger partial charge in [-0.25, -0.2) is 0 Å². The Balaban J connectivity index is 1.75. The Morgan fingerprint density at radius 1 is 1.35 bits per heavy atom. The predicted molar refractivity (Wildman–Crippen MR) is 79.3 cm³/mol. The fourth-order valence-electron chi connectivity index (χ4n) is 2.44. The highest BCUT2D eigenvalue weighted by Crippen LogP contribution is 2.25. The van der Waals surface area contributed by atoms with Crippen LogP contribution in [0.4, 0.5) is 11.4 Å². The van der Waals surface area contributed by atoms with Crippen molar-refractivity contribution in [3.05, 3.63) is 47.4 Å². The quantitative estimate of drug-likeness (QED) is 0.898. The molecule has 4 heteroatoms. The number of hydrogen-bond acceptors (Lipinski definition) is 3. The number of amides is 1. The van der Waals surface area contributed by atoms with Gasteiger partial charge in [0.05, 0.1) is 0 Å². The van der Waals surface area contributed by atoms with E-state index in [2.05, 4.69) is 10.6 Å². The van der Waals surface area contributed by atoms with Crippen LogP contribution in [0.2, 0.25) is 0 Å². The van der Waals surface area contributed by atoms with E-state index < -0.39 is 0 Å². The number of rotatable bonds is 3. The van der Waals surface area contributed by atoms with E-state index in [1.165, 1.54) is 11.3 Å². The number of carbonyl (C=O) groups is 1. The van der Waals surface area contributed by atoms with E-state index >= 15 is 0 Å². The summed E-state index contributed by atoms with van der Waals surface area (Å²) in [5, 5.41) is 6.24. The maximum atomic E-state index is 12.1. The van der Waals surface area contributed by atoms with Gasteiger partial charge >= 0.3 is 0 Å². The van der Waals surface area contributed by atoms with E-state index in [9.17, 15) is 4.79 Å². The summed E-state index contributed by atoms with van der Waals surface area (Å²) in [5.74, 6) is 0.982. The zero-order valence-corrected chi connectivity index (χ0v) is 11.5. The van der Waals surface area contributed by atoms with Crippen molar-refractivity contribution in [1.82, 2.24) is 0 Å². The molecule has 104 valence electrons. The Hall–Kier alpha value is -2.23. The molecule has 20 heavy (non-hydrogen) atoms. The average Bonchev–Trinajstić information content (AvgIpc) is 2.96. The molecule has 1 aliphatic heterocycles. The molecular formula is C16H18N2O2. The number of furan rings is 1. The SMILES string of the molecule is CCc1ccc(C(=O)Nc2ccc3c(c2)CCCN3)o1. The monoisotopic (exact) mass is 270 g/mol. The Bertz CT molecular complexity index is 631. The third-order valence-electron chi connectivity index (χ3n) is 3.54. The highest BCUT2D eigenvalue weighted by atomic mass is 16.3. The standard InChI is InChI=1S/C16H18N2O2/c1-2-13-6-8-15(20-13)16(19)18-12-5-7-14-11(10-12)4-3-9-17-14/h5-8,10,17H,2-4,9H2,1H3,(H,18,19). The van der Waals surface area contributed by atoms with Crippen molar-refractivity contribution >= 4 is 17.3 Å². The lowest BCUT2D eigenvalue weighted by atomic mass is 10.0. The Morgan fingerprint density at radius 2 is 2.25 bits per heavy atom. The van der Waals surface area contributed by atoms with Crippen molar-refractivity contribution in [3.63, 3.8) is 0 Å². The third-order valence-corrected chi connectivity index (χ3v) is 3.54. The number of anilines is 2. The number of hydrogen-bond donors (Lipinski definition) is 2. The molecule has 1 aromatic heterocycles. The van der Waals surface area contributed by atoms with Crippen molar-refractivity contribution in [2.24, 2.45) is 0 Å². The summed E-state index contributed by atoms with van der Waals surface area (Å²) in [4.78, 5) is 12.1. The van der Waals surface area contributed by atoms with Gasteiger partial charge in [-0.2, -0.15) is 0 Å².